The van der Waals surface area contributed by atoms with Gasteiger partial charge in [0.2, 0.25) is 0 Å². The fraction of sp³-hybridized carbons (Fsp3) is 0.200. The van der Waals surface area contributed by atoms with E-state index in [0.717, 1.165) is 5.56 Å². The molecule has 2 aromatic carbocycles. The summed E-state index contributed by atoms with van der Waals surface area (Å²) in [6, 6.07) is 12.8. The Labute approximate surface area is 105 Å². The minimum atomic E-state index is -0.293. The Bertz CT molecular complexity index is 508. The molecule has 2 rings (SSSR count). The Kier molecular flexibility index (Phi) is 4.05. The zero-order chi connectivity index (χ0) is 13.0. The van der Waals surface area contributed by atoms with Gasteiger partial charge >= 0.3 is 0 Å². The summed E-state index contributed by atoms with van der Waals surface area (Å²) in [5.74, 6) is -0.671. The van der Waals surface area contributed by atoms with Crippen molar-refractivity contribution in [2.45, 2.75) is 12.3 Å². The number of hydrogen-bond donors (Lipinski definition) is 1. The highest BCUT2D eigenvalue weighted by Gasteiger charge is 2.16. The van der Waals surface area contributed by atoms with Gasteiger partial charge in [0.25, 0.3) is 0 Å². The van der Waals surface area contributed by atoms with Crippen LogP contribution in [0, 0.1) is 11.6 Å². The molecule has 0 bridgehead atoms. The maximum atomic E-state index is 13.8. The number of rotatable bonds is 4. The van der Waals surface area contributed by atoms with E-state index in [0.29, 0.717) is 18.5 Å². The summed E-state index contributed by atoms with van der Waals surface area (Å²) >= 11 is 0. The second-order valence-corrected chi connectivity index (χ2v) is 4.20. The molecule has 0 aliphatic carbocycles. The topological polar surface area (TPSA) is 26.0 Å². The molecule has 0 heterocycles. The summed E-state index contributed by atoms with van der Waals surface area (Å²) in [6.07, 6.45) is 0.632. The van der Waals surface area contributed by atoms with Crippen molar-refractivity contribution in [3.63, 3.8) is 0 Å². The Morgan fingerprint density at radius 3 is 2.22 bits per heavy atom. The van der Waals surface area contributed by atoms with Gasteiger partial charge in [-0.1, -0.05) is 30.3 Å². The van der Waals surface area contributed by atoms with E-state index in [1.165, 1.54) is 18.2 Å². The van der Waals surface area contributed by atoms with E-state index in [-0.39, 0.29) is 17.6 Å². The van der Waals surface area contributed by atoms with Gasteiger partial charge in [0, 0.05) is 5.92 Å². The molecule has 0 fully saturated rings. The van der Waals surface area contributed by atoms with E-state index >= 15 is 0 Å². The quantitative estimate of drug-likeness (QED) is 0.879. The highest BCUT2D eigenvalue weighted by molar-refractivity contribution is 5.33. The molecule has 0 aromatic heterocycles. The average Bonchev–Trinajstić information content (AvgIpc) is 2.38. The number of hydrogen-bond acceptors (Lipinski definition) is 1. The maximum Gasteiger partial charge on any atom is 0.127 e. The van der Waals surface area contributed by atoms with Gasteiger partial charge in [0.15, 0.2) is 0 Å². The highest BCUT2D eigenvalue weighted by Crippen LogP contribution is 2.29. The summed E-state index contributed by atoms with van der Waals surface area (Å²) in [5.41, 5.74) is 7.08. The van der Waals surface area contributed by atoms with Crippen molar-refractivity contribution in [3.05, 3.63) is 71.3 Å². The molecule has 0 saturated heterocycles. The Morgan fingerprint density at radius 2 is 1.61 bits per heavy atom. The van der Waals surface area contributed by atoms with Gasteiger partial charge in [-0.2, -0.15) is 0 Å². The molecule has 0 aliphatic heterocycles. The van der Waals surface area contributed by atoms with Crippen LogP contribution in [0.25, 0.3) is 0 Å². The summed E-state index contributed by atoms with van der Waals surface area (Å²) in [5, 5.41) is 0. The third kappa shape index (κ3) is 2.74. The van der Waals surface area contributed by atoms with Crippen molar-refractivity contribution in [2.24, 2.45) is 5.73 Å². The van der Waals surface area contributed by atoms with Crippen LogP contribution in [-0.4, -0.2) is 6.54 Å². The van der Waals surface area contributed by atoms with Crippen molar-refractivity contribution < 1.29 is 8.78 Å². The summed E-state index contributed by atoms with van der Waals surface area (Å²) in [6.45, 7) is 0.455. The summed E-state index contributed by atoms with van der Waals surface area (Å²) in [4.78, 5) is 0. The maximum absolute atomic E-state index is 13.8. The van der Waals surface area contributed by atoms with Gasteiger partial charge in [-0.3, -0.25) is 0 Å². The second kappa shape index (κ2) is 5.74. The summed E-state index contributed by atoms with van der Waals surface area (Å²) < 4.78 is 26.7. The predicted molar refractivity (Wildman–Crippen MR) is 68.3 cm³/mol. The Hall–Kier alpha value is -1.74. The van der Waals surface area contributed by atoms with Crippen LogP contribution in [0.4, 0.5) is 8.78 Å². The highest BCUT2D eigenvalue weighted by atomic mass is 19.1. The average molecular weight is 247 g/mol. The SMILES string of the molecule is NCCC(c1ccc(F)cc1)c1ccccc1F. The Balaban J connectivity index is 2.40. The first-order valence-corrected chi connectivity index (χ1v) is 5.92. The fourth-order valence-corrected chi connectivity index (χ4v) is 2.12. The summed E-state index contributed by atoms with van der Waals surface area (Å²) in [7, 11) is 0. The molecule has 1 unspecified atom stereocenters. The molecule has 0 amide bonds. The lowest BCUT2D eigenvalue weighted by Gasteiger charge is -2.17. The molecule has 0 aliphatic rings. The van der Waals surface area contributed by atoms with E-state index in [1.54, 1.807) is 30.3 Å². The van der Waals surface area contributed by atoms with Gasteiger partial charge in [-0.15, -0.1) is 0 Å². The first-order valence-electron chi connectivity index (χ1n) is 5.92. The molecule has 2 N–H and O–H groups in total. The van der Waals surface area contributed by atoms with Crippen molar-refractivity contribution in [1.29, 1.82) is 0 Å². The normalized spacial score (nSPS) is 12.4. The minimum absolute atomic E-state index is 0.128. The van der Waals surface area contributed by atoms with Crippen LogP contribution < -0.4 is 5.73 Å². The van der Waals surface area contributed by atoms with Crippen molar-refractivity contribution >= 4 is 0 Å². The van der Waals surface area contributed by atoms with Gasteiger partial charge in [-0.25, -0.2) is 8.78 Å². The lowest BCUT2D eigenvalue weighted by molar-refractivity contribution is 0.586. The molecule has 0 radical (unpaired) electrons. The minimum Gasteiger partial charge on any atom is -0.330 e. The smallest absolute Gasteiger partial charge is 0.127 e. The van der Waals surface area contributed by atoms with Crippen molar-refractivity contribution in [2.75, 3.05) is 6.54 Å². The van der Waals surface area contributed by atoms with E-state index in [1.807, 2.05) is 0 Å². The van der Waals surface area contributed by atoms with Crippen LogP contribution in [-0.2, 0) is 0 Å². The van der Waals surface area contributed by atoms with Gasteiger partial charge < -0.3 is 5.73 Å². The molecule has 3 heteroatoms. The molecule has 0 saturated carbocycles. The van der Waals surface area contributed by atoms with Gasteiger partial charge in [-0.05, 0) is 42.3 Å². The van der Waals surface area contributed by atoms with E-state index in [4.69, 9.17) is 5.73 Å². The lowest BCUT2D eigenvalue weighted by Crippen LogP contribution is -2.10. The first-order chi connectivity index (χ1) is 8.72. The lowest BCUT2D eigenvalue weighted by atomic mass is 9.88. The molecule has 1 nitrogen and oxygen atoms in total. The zero-order valence-electron chi connectivity index (χ0n) is 9.94. The number of nitrogens with two attached hydrogens (primary N) is 1. The Morgan fingerprint density at radius 1 is 0.944 bits per heavy atom. The van der Waals surface area contributed by atoms with Gasteiger partial charge in [0.1, 0.15) is 11.6 Å². The third-order valence-electron chi connectivity index (χ3n) is 3.01. The second-order valence-electron chi connectivity index (χ2n) is 4.20. The first kappa shape index (κ1) is 12.7. The molecular formula is C15H15F2N. The zero-order valence-corrected chi connectivity index (χ0v) is 9.94. The van der Waals surface area contributed by atoms with Crippen LogP contribution in [0.1, 0.15) is 23.5 Å². The van der Waals surface area contributed by atoms with Gasteiger partial charge in [0.05, 0.1) is 0 Å². The molecule has 1 atom stereocenters. The van der Waals surface area contributed by atoms with Crippen LogP contribution in [0.2, 0.25) is 0 Å². The number of benzene rings is 2. The molecule has 18 heavy (non-hydrogen) atoms. The predicted octanol–water partition coefficient (Wildman–Crippen LogP) is 3.45. The van der Waals surface area contributed by atoms with Crippen LogP contribution >= 0.6 is 0 Å². The molecule has 2 aromatic rings. The van der Waals surface area contributed by atoms with Crippen LogP contribution in [0.3, 0.4) is 0 Å². The van der Waals surface area contributed by atoms with Crippen LogP contribution in [0.5, 0.6) is 0 Å². The van der Waals surface area contributed by atoms with Crippen molar-refractivity contribution in [1.82, 2.24) is 0 Å². The fourth-order valence-electron chi connectivity index (χ4n) is 2.12. The van der Waals surface area contributed by atoms with E-state index in [9.17, 15) is 8.78 Å². The van der Waals surface area contributed by atoms with E-state index < -0.39 is 0 Å². The third-order valence-corrected chi connectivity index (χ3v) is 3.01. The largest absolute Gasteiger partial charge is 0.330 e. The molecule has 94 valence electrons. The van der Waals surface area contributed by atoms with Crippen LogP contribution in [0.15, 0.2) is 48.5 Å². The number of halogens is 2. The monoisotopic (exact) mass is 247 g/mol. The standard InChI is InChI=1S/C15H15F2N/c16-12-7-5-11(6-8-12)13(9-10-18)14-3-1-2-4-15(14)17/h1-8,13H,9-10,18H2. The van der Waals surface area contributed by atoms with E-state index in [2.05, 4.69) is 0 Å². The molecular weight excluding hydrogens is 232 g/mol. The molecule has 0 spiro atoms. The van der Waals surface area contributed by atoms with Crippen molar-refractivity contribution in [3.8, 4) is 0 Å².